The van der Waals surface area contributed by atoms with Gasteiger partial charge in [0, 0.05) is 0 Å². The van der Waals surface area contributed by atoms with Crippen LogP contribution in [-0.4, -0.2) is 34.8 Å². The normalized spacial score (nSPS) is 13.9. The average molecular weight is 452 g/mol. The zero-order valence-electron chi connectivity index (χ0n) is 12.9. The topological polar surface area (TPSA) is 63.6 Å². The van der Waals surface area contributed by atoms with E-state index in [-0.39, 0.29) is 6.07 Å². The van der Waals surface area contributed by atoms with Gasteiger partial charge in [-0.15, -0.1) is 0 Å². The Hall–Kier alpha value is -2.68. The molecule has 0 aliphatic heterocycles. The number of halogens is 12. The lowest BCUT2D eigenvalue weighted by Gasteiger charge is -2.28. The van der Waals surface area contributed by atoms with Crippen molar-refractivity contribution in [2.75, 3.05) is 0 Å². The predicted molar refractivity (Wildman–Crippen MR) is 64.6 cm³/mol. The van der Waals surface area contributed by atoms with Gasteiger partial charge >= 0.3 is 42.1 Å². The van der Waals surface area contributed by atoms with Crippen LogP contribution in [0.25, 0.3) is 0 Å². The first kappa shape index (κ1) is 24.4. The molecule has 1 aromatic carbocycles. The molecule has 0 atom stereocenters. The molecule has 164 valence electrons. The number of benzene rings is 1. The Labute approximate surface area is 150 Å². The molecule has 1 N–H and O–H groups in total. The first-order valence-corrected chi connectivity index (χ1v) is 6.55. The molecule has 1 aromatic rings. The summed E-state index contributed by atoms with van der Waals surface area (Å²) in [7, 11) is 0. The molecule has 0 amide bonds. The minimum absolute atomic E-state index is 0.153. The first-order valence-electron chi connectivity index (χ1n) is 6.55. The molecule has 0 heterocycles. The molecule has 0 aromatic heterocycles. The van der Waals surface area contributed by atoms with E-state index in [1.54, 1.807) is 0 Å². The second kappa shape index (κ2) is 6.98. The fourth-order valence-electron chi connectivity index (χ4n) is 1.70. The molecule has 0 radical (unpaired) electrons. The number of rotatable bonds is 5. The summed E-state index contributed by atoms with van der Waals surface area (Å²) >= 11 is 0. The van der Waals surface area contributed by atoms with Crippen molar-refractivity contribution in [2.24, 2.45) is 0 Å². The summed E-state index contributed by atoms with van der Waals surface area (Å²) in [5.41, 5.74) is -4.93. The van der Waals surface area contributed by atoms with Crippen molar-refractivity contribution in [1.29, 1.82) is 0 Å². The van der Waals surface area contributed by atoms with E-state index in [0.717, 1.165) is 0 Å². The second-order valence-corrected chi connectivity index (χ2v) is 5.12. The van der Waals surface area contributed by atoms with Crippen LogP contribution in [0, 0.1) is 0 Å². The van der Waals surface area contributed by atoms with Crippen LogP contribution in [0.4, 0.5) is 52.7 Å². The summed E-state index contributed by atoms with van der Waals surface area (Å²) in [6.07, 6.45) is -11.4. The number of carbonyl (C=O) groups excluding carboxylic acids is 1. The van der Waals surface area contributed by atoms with Crippen LogP contribution in [0.15, 0.2) is 18.2 Å². The van der Waals surface area contributed by atoms with Crippen molar-refractivity contribution in [1.82, 2.24) is 0 Å². The van der Waals surface area contributed by atoms with Crippen molar-refractivity contribution in [3.63, 3.8) is 0 Å². The Bertz CT molecular complexity index is 809. The van der Waals surface area contributed by atoms with E-state index in [1.165, 1.54) is 0 Å². The molecular weight excluding hydrogens is 448 g/mol. The van der Waals surface area contributed by atoms with Crippen LogP contribution in [-0.2, 0) is 21.9 Å². The van der Waals surface area contributed by atoms with E-state index < -0.39 is 71.1 Å². The smallest absolute Gasteiger partial charge is 0.417 e. The molecule has 0 unspecified atom stereocenters. The van der Waals surface area contributed by atoms with Crippen LogP contribution in [0.5, 0.6) is 5.75 Å². The van der Waals surface area contributed by atoms with Crippen molar-refractivity contribution < 1.29 is 72.1 Å². The zero-order chi connectivity index (χ0) is 23.2. The maximum Gasteiger partial charge on any atom is 0.417 e. The molecule has 0 aliphatic rings. The lowest BCUT2D eigenvalue weighted by molar-refractivity contribution is -0.297. The lowest BCUT2D eigenvalue weighted by Crippen LogP contribution is -2.61. The van der Waals surface area contributed by atoms with E-state index >= 15 is 0 Å². The van der Waals surface area contributed by atoms with E-state index in [4.69, 9.17) is 5.11 Å². The summed E-state index contributed by atoms with van der Waals surface area (Å²) in [5, 5.41) is 7.90. The van der Waals surface area contributed by atoms with Crippen molar-refractivity contribution in [3.8, 4) is 5.75 Å². The fraction of sp³-hybridized carbons (Fsp3) is 0.385. The molecule has 0 saturated carbocycles. The summed E-state index contributed by atoms with van der Waals surface area (Å²) < 4.78 is 158. The number of ether oxygens (including phenoxy) is 1. The highest BCUT2D eigenvalue weighted by atomic mass is 19.4. The molecule has 1 rings (SSSR count). The third-order valence-corrected chi connectivity index (χ3v) is 3.13. The number of hydrogen-bond acceptors (Lipinski definition) is 3. The summed E-state index contributed by atoms with van der Waals surface area (Å²) in [5.74, 6) is -29.2. The Morgan fingerprint density at radius 2 is 1.17 bits per heavy atom. The van der Waals surface area contributed by atoms with E-state index in [2.05, 4.69) is 4.74 Å². The maximum absolute atomic E-state index is 13.4. The molecule has 0 spiro atoms. The van der Waals surface area contributed by atoms with Crippen LogP contribution in [0.3, 0.4) is 0 Å². The SMILES string of the molecule is O=C(O)C(F)(F)C(F)(F)C(F)(F)C(=O)Oc1ccc(C(F)(F)F)c(C(F)(F)F)c1. The van der Waals surface area contributed by atoms with Gasteiger partial charge in [0.05, 0.1) is 11.1 Å². The molecule has 0 bridgehead atoms. The number of carboxylic acids is 1. The minimum atomic E-state index is -6.91. The van der Waals surface area contributed by atoms with E-state index in [1.807, 2.05) is 0 Å². The van der Waals surface area contributed by atoms with Gasteiger partial charge in [0.2, 0.25) is 0 Å². The predicted octanol–water partition coefficient (Wildman–Crippen LogP) is 4.62. The molecule has 4 nitrogen and oxygen atoms in total. The number of hydrogen-bond donors (Lipinski definition) is 1. The Morgan fingerprint density at radius 3 is 1.55 bits per heavy atom. The van der Waals surface area contributed by atoms with Crippen LogP contribution < -0.4 is 4.74 Å². The minimum Gasteiger partial charge on any atom is -0.477 e. The van der Waals surface area contributed by atoms with Crippen molar-refractivity contribution >= 4 is 11.9 Å². The first-order chi connectivity index (χ1) is 12.7. The highest BCUT2D eigenvalue weighted by Gasteiger charge is 2.79. The van der Waals surface area contributed by atoms with Crippen LogP contribution in [0.2, 0.25) is 0 Å². The molecule has 0 aliphatic carbocycles. The third kappa shape index (κ3) is 4.34. The molecule has 29 heavy (non-hydrogen) atoms. The highest BCUT2D eigenvalue weighted by molar-refractivity contribution is 5.85. The largest absolute Gasteiger partial charge is 0.477 e. The number of aliphatic carboxylic acids is 1. The Morgan fingerprint density at radius 1 is 0.724 bits per heavy atom. The summed E-state index contributed by atoms with van der Waals surface area (Å²) in [6.45, 7) is 0. The Balaban J connectivity index is 3.37. The van der Waals surface area contributed by atoms with Crippen molar-refractivity contribution in [2.45, 2.75) is 30.1 Å². The number of carbonyl (C=O) groups is 2. The van der Waals surface area contributed by atoms with Gasteiger partial charge in [-0.05, 0) is 18.2 Å². The number of esters is 1. The fourth-order valence-corrected chi connectivity index (χ4v) is 1.70. The lowest BCUT2D eigenvalue weighted by atomic mass is 10.0. The molecule has 0 saturated heterocycles. The molecular formula is C13H4F12O4. The van der Waals surface area contributed by atoms with Crippen LogP contribution >= 0.6 is 0 Å². The monoisotopic (exact) mass is 452 g/mol. The summed E-state index contributed by atoms with van der Waals surface area (Å²) in [4.78, 5) is 21.1. The Kier molecular flexibility index (Phi) is 5.86. The zero-order valence-corrected chi connectivity index (χ0v) is 12.9. The van der Waals surface area contributed by atoms with Crippen molar-refractivity contribution in [3.05, 3.63) is 29.3 Å². The average Bonchev–Trinajstić information content (AvgIpc) is 2.52. The van der Waals surface area contributed by atoms with E-state index in [0.29, 0.717) is 0 Å². The maximum atomic E-state index is 13.4. The highest BCUT2D eigenvalue weighted by Crippen LogP contribution is 2.47. The summed E-state index contributed by atoms with van der Waals surface area (Å²) in [6, 6.07) is -1.21. The van der Waals surface area contributed by atoms with Gasteiger partial charge in [0.15, 0.2) is 0 Å². The van der Waals surface area contributed by atoms with Gasteiger partial charge < -0.3 is 9.84 Å². The number of carboxylic acid groups (broad SMARTS) is 1. The molecule has 0 fully saturated rings. The molecule has 16 heteroatoms. The van der Waals surface area contributed by atoms with Gasteiger partial charge in [-0.3, -0.25) is 0 Å². The van der Waals surface area contributed by atoms with Gasteiger partial charge in [-0.25, -0.2) is 9.59 Å². The van der Waals surface area contributed by atoms with Gasteiger partial charge in [-0.2, -0.15) is 52.7 Å². The third-order valence-electron chi connectivity index (χ3n) is 3.13. The standard InChI is InChI=1S/C13H4F12O4/c14-9(15,7(26)27)13(24,25)10(16,17)8(28)29-4-1-2-5(11(18,19)20)6(3-4)12(21,22)23/h1-3H,(H,26,27). The number of alkyl halides is 12. The van der Waals surface area contributed by atoms with E-state index in [9.17, 15) is 62.3 Å². The van der Waals surface area contributed by atoms with Crippen LogP contribution in [0.1, 0.15) is 11.1 Å². The van der Waals surface area contributed by atoms with Gasteiger partial charge in [0.25, 0.3) is 0 Å². The van der Waals surface area contributed by atoms with Gasteiger partial charge in [0.1, 0.15) is 5.75 Å². The quantitative estimate of drug-likeness (QED) is 0.403. The van der Waals surface area contributed by atoms with Gasteiger partial charge in [-0.1, -0.05) is 0 Å². The second-order valence-electron chi connectivity index (χ2n) is 5.12.